The molecule has 0 bridgehead atoms. The van der Waals surface area contributed by atoms with E-state index in [2.05, 4.69) is 9.97 Å². The van der Waals surface area contributed by atoms with Crippen LogP contribution in [-0.2, 0) is 10.5 Å². The van der Waals surface area contributed by atoms with E-state index in [0.29, 0.717) is 72.5 Å². The summed E-state index contributed by atoms with van der Waals surface area (Å²) in [5.41, 5.74) is 3.86. The van der Waals surface area contributed by atoms with Gasteiger partial charge in [0, 0.05) is 28.8 Å². The quantitative estimate of drug-likeness (QED) is 0.149. The second kappa shape index (κ2) is 11.9. The molecule has 0 atom stereocenters. The number of imidazole rings is 1. The number of aromatic nitrogens is 3. The molecule has 41 heavy (non-hydrogen) atoms. The van der Waals surface area contributed by atoms with E-state index >= 15 is 0 Å². The summed E-state index contributed by atoms with van der Waals surface area (Å²) < 4.78 is 41.4. The lowest BCUT2D eigenvalue weighted by Gasteiger charge is -2.19. The summed E-state index contributed by atoms with van der Waals surface area (Å²) in [4.78, 5) is 26.2. The van der Waals surface area contributed by atoms with Crippen molar-refractivity contribution in [1.82, 2.24) is 15.0 Å². The first-order valence-electron chi connectivity index (χ1n) is 12.7. The summed E-state index contributed by atoms with van der Waals surface area (Å²) in [5, 5.41) is 1.22. The number of rotatable bonds is 10. The zero-order chi connectivity index (χ0) is 29.1. The van der Waals surface area contributed by atoms with E-state index in [1.54, 1.807) is 65.7 Å². The zero-order valence-electron chi connectivity index (χ0n) is 23.2. The zero-order valence-corrected chi connectivity index (χ0v) is 24.0. The molecular formula is C30H28FN3O6S. The van der Waals surface area contributed by atoms with E-state index in [1.165, 1.54) is 23.9 Å². The first kappa shape index (κ1) is 28.0. The normalized spacial score (nSPS) is 11.1. The van der Waals surface area contributed by atoms with Gasteiger partial charge in [0.15, 0.2) is 28.2 Å². The number of hydrogen-bond donors (Lipinski definition) is 1. The Morgan fingerprint density at radius 3 is 2.27 bits per heavy atom. The Morgan fingerprint density at radius 1 is 0.854 bits per heavy atom. The average Bonchev–Trinajstić information content (AvgIpc) is 3.40. The molecule has 0 fully saturated rings. The van der Waals surface area contributed by atoms with E-state index in [1.807, 2.05) is 6.07 Å². The highest BCUT2D eigenvalue weighted by atomic mass is 32.2. The van der Waals surface area contributed by atoms with Gasteiger partial charge in [0.25, 0.3) is 0 Å². The van der Waals surface area contributed by atoms with Crippen LogP contribution >= 0.6 is 11.8 Å². The van der Waals surface area contributed by atoms with Crippen molar-refractivity contribution < 1.29 is 32.9 Å². The molecule has 5 aromatic rings. The van der Waals surface area contributed by atoms with Crippen LogP contribution in [0.4, 0.5) is 4.39 Å². The van der Waals surface area contributed by atoms with Crippen LogP contribution in [0.3, 0.4) is 0 Å². The molecule has 0 radical (unpaired) electrons. The molecule has 5 rings (SSSR count). The summed E-state index contributed by atoms with van der Waals surface area (Å²) in [6, 6.07) is 13.4. The third-order valence-corrected chi connectivity index (χ3v) is 7.37. The molecule has 0 aliphatic heterocycles. The third-order valence-electron chi connectivity index (χ3n) is 6.49. The molecule has 0 spiro atoms. The fourth-order valence-corrected chi connectivity index (χ4v) is 5.45. The third kappa shape index (κ3) is 5.45. The van der Waals surface area contributed by atoms with Crippen molar-refractivity contribution in [2.45, 2.75) is 17.8 Å². The maximum absolute atomic E-state index is 13.7. The topological polar surface area (TPSA) is 105 Å². The number of hydrogen-bond acceptors (Lipinski definition) is 9. The van der Waals surface area contributed by atoms with Gasteiger partial charge in [0.05, 0.1) is 62.9 Å². The van der Waals surface area contributed by atoms with Crippen molar-refractivity contribution >= 4 is 39.7 Å². The van der Waals surface area contributed by atoms with Crippen LogP contribution in [0.25, 0.3) is 33.1 Å². The number of carbonyl (C=O) groups is 1. The van der Waals surface area contributed by atoms with Gasteiger partial charge in [-0.2, -0.15) is 0 Å². The number of fused-ring (bicyclic) bond motifs is 2. The summed E-state index contributed by atoms with van der Waals surface area (Å²) in [7, 11) is 6.20. The summed E-state index contributed by atoms with van der Waals surface area (Å²) in [6.45, 7) is 1.92. The van der Waals surface area contributed by atoms with Crippen molar-refractivity contribution in [2.75, 3.05) is 35.0 Å². The number of ether oxygens (including phenoxy) is 5. The molecule has 0 aliphatic rings. The van der Waals surface area contributed by atoms with Gasteiger partial charge >= 0.3 is 5.97 Å². The minimum Gasteiger partial charge on any atom is -0.493 e. The fourth-order valence-electron chi connectivity index (χ4n) is 4.62. The molecule has 2 heterocycles. The number of methoxy groups -OCH3 is 4. The number of nitrogens with one attached hydrogen (secondary N) is 1. The molecule has 0 amide bonds. The SMILES string of the molecule is CCOC(=O)c1c(CSc2nc3cc(F)ccc3[nH]2)nc2cc(OC)c(OC)cc2c1-c1ccc(OC)c(OC)c1. The highest BCUT2D eigenvalue weighted by Gasteiger charge is 2.26. The van der Waals surface area contributed by atoms with Crippen LogP contribution < -0.4 is 18.9 Å². The van der Waals surface area contributed by atoms with Crippen LogP contribution in [0.5, 0.6) is 23.0 Å². The average molecular weight is 578 g/mol. The van der Waals surface area contributed by atoms with Gasteiger partial charge in [-0.15, -0.1) is 0 Å². The van der Waals surface area contributed by atoms with Crippen LogP contribution in [0.2, 0.25) is 0 Å². The van der Waals surface area contributed by atoms with Crippen LogP contribution in [0.1, 0.15) is 23.0 Å². The smallest absolute Gasteiger partial charge is 0.340 e. The van der Waals surface area contributed by atoms with Crippen LogP contribution in [0.15, 0.2) is 53.7 Å². The molecule has 3 aromatic carbocycles. The first-order valence-corrected chi connectivity index (χ1v) is 13.6. The van der Waals surface area contributed by atoms with E-state index in [4.69, 9.17) is 28.7 Å². The van der Waals surface area contributed by atoms with E-state index in [9.17, 15) is 9.18 Å². The number of esters is 1. The summed E-state index contributed by atoms with van der Waals surface area (Å²) >= 11 is 1.34. The highest BCUT2D eigenvalue weighted by Crippen LogP contribution is 2.42. The number of carbonyl (C=O) groups excluding carboxylic acids is 1. The van der Waals surface area contributed by atoms with Gasteiger partial charge in [-0.05, 0) is 42.8 Å². The number of aromatic amines is 1. The lowest BCUT2D eigenvalue weighted by Crippen LogP contribution is -2.12. The fraction of sp³-hybridized carbons (Fsp3) is 0.233. The molecule has 212 valence electrons. The minimum absolute atomic E-state index is 0.176. The molecule has 1 N–H and O–H groups in total. The second-order valence-corrected chi connectivity index (χ2v) is 9.78. The Bertz CT molecular complexity index is 1760. The van der Waals surface area contributed by atoms with Crippen molar-refractivity contribution in [2.24, 2.45) is 0 Å². The maximum Gasteiger partial charge on any atom is 0.340 e. The predicted octanol–water partition coefficient (Wildman–Crippen LogP) is 6.42. The van der Waals surface area contributed by atoms with Gasteiger partial charge in [-0.3, -0.25) is 4.98 Å². The molecule has 9 nitrogen and oxygen atoms in total. The Morgan fingerprint density at radius 2 is 1.56 bits per heavy atom. The molecule has 11 heteroatoms. The van der Waals surface area contributed by atoms with Crippen LogP contribution in [0, 0.1) is 5.82 Å². The number of pyridine rings is 1. The number of benzene rings is 3. The highest BCUT2D eigenvalue weighted by molar-refractivity contribution is 7.98. The van der Waals surface area contributed by atoms with E-state index < -0.39 is 5.97 Å². The lowest BCUT2D eigenvalue weighted by atomic mass is 9.93. The number of H-pyrrole nitrogens is 1. The van der Waals surface area contributed by atoms with Gasteiger partial charge < -0.3 is 28.7 Å². The minimum atomic E-state index is -0.524. The van der Waals surface area contributed by atoms with Crippen LogP contribution in [-0.4, -0.2) is 56.0 Å². The molecule has 0 unspecified atom stereocenters. The number of thioether (sulfide) groups is 1. The molecule has 0 saturated heterocycles. The monoisotopic (exact) mass is 577 g/mol. The molecule has 2 aromatic heterocycles. The molecule has 0 aliphatic carbocycles. The Balaban J connectivity index is 1.74. The molecule has 0 saturated carbocycles. The van der Waals surface area contributed by atoms with Crippen molar-refractivity contribution in [3.8, 4) is 34.1 Å². The van der Waals surface area contributed by atoms with Gasteiger partial charge in [-0.25, -0.2) is 14.2 Å². The molecular weight excluding hydrogens is 549 g/mol. The Hall–Kier alpha value is -4.51. The van der Waals surface area contributed by atoms with Crippen molar-refractivity contribution in [3.05, 3.63) is 65.6 Å². The Labute approximate surface area is 239 Å². The lowest BCUT2D eigenvalue weighted by molar-refractivity contribution is 0.0526. The van der Waals surface area contributed by atoms with Crippen molar-refractivity contribution in [3.63, 3.8) is 0 Å². The van der Waals surface area contributed by atoms with E-state index in [0.717, 1.165) is 0 Å². The number of nitrogens with zero attached hydrogens (tertiary/aromatic N) is 2. The largest absolute Gasteiger partial charge is 0.493 e. The maximum atomic E-state index is 13.7. The van der Waals surface area contributed by atoms with Gasteiger partial charge in [0.2, 0.25) is 0 Å². The number of halogens is 1. The Kier molecular flexibility index (Phi) is 8.16. The second-order valence-electron chi connectivity index (χ2n) is 8.82. The van der Waals surface area contributed by atoms with Crippen molar-refractivity contribution in [1.29, 1.82) is 0 Å². The van der Waals surface area contributed by atoms with E-state index in [-0.39, 0.29) is 18.2 Å². The standard InChI is InChI=1S/C30H28FN3O6S/c1-6-40-29(35)28-22(15-41-30-33-19-9-8-17(31)12-21(19)34-30)32-20-14-26(39-5)25(38-4)13-18(20)27(28)16-7-10-23(36-2)24(11-16)37-3/h7-14H,6,15H2,1-5H3,(H,33,34). The van der Waals surface area contributed by atoms with Gasteiger partial charge in [0.1, 0.15) is 5.82 Å². The summed E-state index contributed by atoms with van der Waals surface area (Å²) in [6.07, 6.45) is 0. The van der Waals surface area contributed by atoms with Gasteiger partial charge in [-0.1, -0.05) is 17.8 Å². The predicted molar refractivity (Wildman–Crippen MR) is 155 cm³/mol. The first-order chi connectivity index (χ1) is 19.9. The summed E-state index contributed by atoms with van der Waals surface area (Å²) in [5.74, 6) is 1.39.